The van der Waals surface area contributed by atoms with Crippen molar-refractivity contribution < 1.29 is 0 Å². The van der Waals surface area contributed by atoms with Gasteiger partial charge in [-0.2, -0.15) is 0 Å². The summed E-state index contributed by atoms with van der Waals surface area (Å²) >= 11 is 0. The maximum Gasteiger partial charge on any atom is 0.138 e. The molecule has 0 saturated carbocycles. The van der Waals surface area contributed by atoms with Gasteiger partial charge >= 0.3 is 0 Å². The molecule has 8 aromatic carbocycles. The Hall–Kier alpha value is -7.69. The van der Waals surface area contributed by atoms with Crippen LogP contribution in [0.4, 0.5) is 0 Å². The molecule has 0 spiro atoms. The van der Waals surface area contributed by atoms with Crippen molar-refractivity contribution in [2.45, 2.75) is 0 Å². The van der Waals surface area contributed by atoms with Crippen molar-refractivity contribution in [3.05, 3.63) is 206 Å². The molecular weight excluding hydrogens is 693 g/mol. The van der Waals surface area contributed by atoms with Crippen LogP contribution in [0.2, 0.25) is 0 Å². The summed E-state index contributed by atoms with van der Waals surface area (Å²) in [4.78, 5) is 5.54. The van der Waals surface area contributed by atoms with Gasteiger partial charge in [-0.1, -0.05) is 170 Å². The van der Waals surface area contributed by atoms with Crippen LogP contribution in [0.15, 0.2) is 206 Å². The number of fused-ring (bicyclic) bond motifs is 10. The van der Waals surface area contributed by atoms with Crippen molar-refractivity contribution in [2.75, 3.05) is 0 Å². The first-order chi connectivity index (χ1) is 28.3. The van der Waals surface area contributed by atoms with Gasteiger partial charge in [-0.05, 0) is 58.7 Å². The summed E-state index contributed by atoms with van der Waals surface area (Å²) in [5.74, 6) is 0.871. The number of benzene rings is 8. The fourth-order valence-corrected chi connectivity index (χ4v) is 9.08. The Balaban J connectivity index is 1.21. The van der Waals surface area contributed by atoms with E-state index in [1.165, 1.54) is 43.4 Å². The molecule has 0 fully saturated rings. The van der Waals surface area contributed by atoms with Crippen molar-refractivity contribution in [3.8, 4) is 39.3 Å². The molecule has 0 aliphatic carbocycles. The molecule has 0 atom stereocenters. The van der Waals surface area contributed by atoms with Gasteiger partial charge in [-0.25, -0.2) is 14.3 Å². The van der Waals surface area contributed by atoms with Crippen LogP contribution in [0.1, 0.15) is 0 Å². The van der Waals surface area contributed by atoms with Gasteiger partial charge in [-0.3, -0.25) is 4.57 Å². The van der Waals surface area contributed by atoms with Gasteiger partial charge < -0.3 is 0 Å². The summed E-state index contributed by atoms with van der Waals surface area (Å²) in [6, 6.07) is 74.3. The normalized spacial score (nSPS) is 11.9. The van der Waals surface area contributed by atoms with Crippen LogP contribution in [0.5, 0.6) is 0 Å². The molecule has 0 radical (unpaired) electrons. The lowest BCUT2D eigenvalue weighted by atomic mass is 9.99. The van der Waals surface area contributed by atoms with Crippen molar-refractivity contribution >= 4 is 65.4 Å². The minimum atomic E-state index is 0.871. The highest BCUT2D eigenvalue weighted by Crippen LogP contribution is 2.43. The molecule has 266 valence electrons. The number of pyridine rings is 1. The monoisotopic (exact) mass is 726 g/mol. The third-order valence-electron chi connectivity index (χ3n) is 11.6. The zero-order valence-corrected chi connectivity index (χ0v) is 30.9. The summed E-state index contributed by atoms with van der Waals surface area (Å²) in [5.41, 5.74) is 13.5. The van der Waals surface area contributed by atoms with E-state index in [0.717, 1.165) is 61.3 Å². The molecule has 4 nitrogen and oxygen atoms in total. The number of rotatable bonds is 5. The van der Waals surface area contributed by atoms with Crippen LogP contribution in [0, 0.1) is 0 Å². The van der Waals surface area contributed by atoms with Gasteiger partial charge in [0.05, 0.1) is 38.8 Å². The lowest BCUT2D eigenvalue weighted by Gasteiger charge is -2.16. The van der Waals surface area contributed by atoms with Crippen LogP contribution in [-0.2, 0) is 0 Å². The Kier molecular flexibility index (Phi) is 6.89. The largest absolute Gasteiger partial charge is 0.292 e. The quantitative estimate of drug-likeness (QED) is 0.174. The molecule has 4 aromatic heterocycles. The predicted molar refractivity (Wildman–Crippen MR) is 238 cm³/mol. The standard InChI is InChI=1S/C53H34N4/c1-3-15-35(16-4-1)36-27-29-37(30-28-36)39-33-46(38-17-5-2-6-18-38)54-51(34-39)55-47-23-11-7-21-42(47)44-31-32-45-43-22-10-14-26-50(43)57(53(45)52(44)55)56-48-24-12-8-19-40(48)41-20-9-13-25-49(41)56/h1-34H. The zero-order chi connectivity index (χ0) is 37.5. The molecule has 12 rings (SSSR count). The van der Waals surface area contributed by atoms with E-state index >= 15 is 0 Å². The lowest BCUT2D eigenvalue weighted by Crippen LogP contribution is -2.09. The van der Waals surface area contributed by atoms with Gasteiger partial charge in [0.1, 0.15) is 5.82 Å². The average Bonchev–Trinajstić information content (AvgIpc) is 3.92. The Morgan fingerprint density at radius 1 is 0.281 bits per heavy atom. The minimum Gasteiger partial charge on any atom is -0.292 e. The van der Waals surface area contributed by atoms with Crippen LogP contribution in [-0.4, -0.2) is 18.9 Å². The highest BCUT2D eigenvalue weighted by atomic mass is 15.5. The van der Waals surface area contributed by atoms with Gasteiger partial charge in [0, 0.05) is 37.9 Å². The van der Waals surface area contributed by atoms with Crippen LogP contribution in [0.25, 0.3) is 105 Å². The minimum absolute atomic E-state index is 0.871. The number of aromatic nitrogens is 4. The molecule has 4 heterocycles. The molecule has 0 bridgehead atoms. The van der Waals surface area contributed by atoms with Gasteiger partial charge in [-0.15, -0.1) is 0 Å². The molecule has 4 heteroatoms. The second-order valence-corrected chi connectivity index (χ2v) is 14.8. The maximum atomic E-state index is 5.54. The summed E-state index contributed by atoms with van der Waals surface area (Å²) in [6.07, 6.45) is 0. The summed E-state index contributed by atoms with van der Waals surface area (Å²) in [6.45, 7) is 0. The lowest BCUT2D eigenvalue weighted by molar-refractivity contribution is 0.775. The molecule has 0 unspecified atom stereocenters. The van der Waals surface area contributed by atoms with E-state index in [1.54, 1.807) is 0 Å². The first-order valence-electron chi connectivity index (χ1n) is 19.5. The predicted octanol–water partition coefficient (Wildman–Crippen LogP) is 13.7. The Bertz CT molecular complexity index is 3440. The summed E-state index contributed by atoms with van der Waals surface area (Å²) in [5, 5.41) is 7.23. The second kappa shape index (κ2) is 12.4. The zero-order valence-electron chi connectivity index (χ0n) is 30.9. The molecule has 12 aromatic rings. The van der Waals surface area contributed by atoms with Gasteiger partial charge in [0.2, 0.25) is 0 Å². The SMILES string of the molecule is c1ccc(-c2ccc(-c3cc(-c4ccccc4)nc(-n4c5ccccc5c5ccc6c7ccccc7n(-n7c8ccccc8c8ccccc87)c6c54)c3)cc2)cc1. The van der Waals surface area contributed by atoms with E-state index < -0.39 is 0 Å². The van der Waals surface area contributed by atoms with Crippen LogP contribution in [0.3, 0.4) is 0 Å². The van der Waals surface area contributed by atoms with Gasteiger partial charge in [0.25, 0.3) is 0 Å². The van der Waals surface area contributed by atoms with Crippen molar-refractivity contribution in [1.29, 1.82) is 0 Å². The molecule has 57 heavy (non-hydrogen) atoms. The van der Waals surface area contributed by atoms with E-state index in [2.05, 4.69) is 220 Å². The molecule has 0 aliphatic rings. The van der Waals surface area contributed by atoms with E-state index in [-0.39, 0.29) is 0 Å². The summed E-state index contributed by atoms with van der Waals surface area (Å²) in [7, 11) is 0. The molecule has 0 saturated heterocycles. The van der Waals surface area contributed by atoms with Crippen LogP contribution >= 0.6 is 0 Å². The number of hydrogen-bond donors (Lipinski definition) is 0. The topological polar surface area (TPSA) is 27.7 Å². The van der Waals surface area contributed by atoms with E-state index in [9.17, 15) is 0 Å². The molecule has 0 N–H and O–H groups in total. The third-order valence-corrected chi connectivity index (χ3v) is 11.6. The Labute approximate surface area is 328 Å². The molecular formula is C53H34N4. The average molecular weight is 727 g/mol. The Morgan fingerprint density at radius 3 is 1.30 bits per heavy atom. The van der Waals surface area contributed by atoms with E-state index in [1.807, 2.05) is 0 Å². The molecule has 0 amide bonds. The smallest absolute Gasteiger partial charge is 0.138 e. The summed E-state index contributed by atoms with van der Waals surface area (Å²) < 4.78 is 7.28. The second-order valence-electron chi connectivity index (χ2n) is 14.8. The number of para-hydroxylation sites is 4. The maximum absolute atomic E-state index is 5.54. The van der Waals surface area contributed by atoms with Crippen molar-refractivity contribution in [3.63, 3.8) is 0 Å². The number of hydrogen-bond acceptors (Lipinski definition) is 1. The first-order valence-corrected chi connectivity index (χ1v) is 19.5. The highest BCUT2D eigenvalue weighted by Gasteiger charge is 2.24. The van der Waals surface area contributed by atoms with E-state index in [4.69, 9.17) is 4.98 Å². The fourth-order valence-electron chi connectivity index (χ4n) is 9.08. The Morgan fingerprint density at radius 2 is 0.702 bits per heavy atom. The van der Waals surface area contributed by atoms with Crippen LogP contribution < -0.4 is 0 Å². The fraction of sp³-hybridized carbons (Fsp3) is 0. The highest BCUT2D eigenvalue weighted by molar-refractivity contribution is 6.23. The van der Waals surface area contributed by atoms with Gasteiger partial charge in [0.15, 0.2) is 0 Å². The third kappa shape index (κ3) is 4.77. The molecule has 0 aliphatic heterocycles. The van der Waals surface area contributed by atoms with Crippen molar-refractivity contribution in [2.24, 2.45) is 0 Å². The van der Waals surface area contributed by atoms with Crippen molar-refractivity contribution in [1.82, 2.24) is 18.9 Å². The van der Waals surface area contributed by atoms with E-state index in [0.29, 0.717) is 0 Å². The number of nitrogens with zero attached hydrogens (tertiary/aromatic N) is 4. The first kappa shape index (κ1) is 31.6.